The highest BCUT2D eigenvalue weighted by molar-refractivity contribution is 5.95. The highest BCUT2D eigenvalue weighted by atomic mass is 16.3. The van der Waals surface area contributed by atoms with Gasteiger partial charge in [-0.05, 0) is 36.9 Å². The first-order valence-corrected chi connectivity index (χ1v) is 6.19. The molecule has 18 heavy (non-hydrogen) atoms. The summed E-state index contributed by atoms with van der Waals surface area (Å²) in [5.41, 5.74) is -0.0905. The van der Waals surface area contributed by atoms with Gasteiger partial charge in [-0.3, -0.25) is 4.79 Å². The third-order valence-corrected chi connectivity index (χ3v) is 3.42. The largest absolute Gasteiger partial charge is 0.504 e. The molecule has 1 fully saturated rings. The van der Waals surface area contributed by atoms with Crippen LogP contribution < -0.4 is 10.6 Å². The standard InChI is InChI=1S/C13H19N3O2/c1-13(2)6-4-8-14-10(13)12(18)16-11-9(17)5-3-7-15-11/h3,5,7,10,14,17H,4,6,8H2,1-2H3,(H,15,16,18). The summed E-state index contributed by atoms with van der Waals surface area (Å²) in [5, 5.41) is 15.5. The summed E-state index contributed by atoms with van der Waals surface area (Å²) in [6.07, 6.45) is 3.62. The zero-order valence-electron chi connectivity index (χ0n) is 10.7. The maximum atomic E-state index is 12.2. The summed E-state index contributed by atoms with van der Waals surface area (Å²) in [4.78, 5) is 16.2. The number of carbonyl (C=O) groups excluding carboxylic acids is 1. The number of hydrogen-bond acceptors (Lipinski definition) is 4. The van der Waals surface area contributed by atoms with Crippen LogP contribution in [0, 0.1) is 5.41 Å². The van der Waals surface area contributed by atoms with Crippen molar-refractivity contribution < 1.29 is 9.90 Å². The number of nitrogens with one attached hydrogen (secondary N) is 2. The number of nitrogens with zero attached hydrogens (tertiary/aromatic N) is 1. The van der Waals surface area contributed by atoms with Crippen LogP contribution in [0.2, 0.25) is 0 Å². The number of piperidine rings is 1. The average Bonchev–Trinajstić information content (AvgIpc) is 2.31. The average molecular weight is 249 g/mol. The molecule has 1 saturated heterocycles. The molecule has 98 valence electrons. The number of anilines is 1. The van der Waals surface area contributed by atoms with Gasteiger partial charge in [-0.15, -0.1) is 0 Å². The topological polar surface area (TPSA) is 74.2 Å². The second-order valence-electron chi connectivity index (χ2n) is 5.34. The number of aromatic hydroxyl groups is 1. The van der Waals surface area contributed by atoms with Gasteiger partial charge in [0.1, 0.15) is 0 Å². The van der Waals surface area contributed by atoms with Crippen molar-refractivity contribution in [2.75, 3.05) is 11.9 Å². The van der Waals surface area contributed by atoms with Gasteiger partial charge in [0.2, 0.25) is 5.91 Å². The van der Waals surface area contributed by atoms with Crippen LogP contribution in [-0.2, 0) is 4.79 Å². The van der Waals surface area contributed by atoms with Gasteiger partial charge in [-0.1, -0.05) is 13.8 Å². The Balaban J connectivity index is 2.10. The molecule has 1 atom stereocenters. The smallest absolute Gasteiger partial charge is 0.243 e. The molecule has 1 unspecified atom stereocenters. The molecule has 3 N–H and O–H groups in total. The summed E-state index contributed by atoms with van der Waals surface area (Å²) >= 11 is 0. The van der Waals surface area contributed by atoms with Crippen LogP contribution in [-0.4, -0.2) is 28.6 Å². The van der Waals surface area contributed by atoms with Gasteiger partial charge in [-0.25, -0.2) is 4.98 Å². The minimum absolute atomic E-state index is 0.0144. The van der Waals surface area contributed by atoms with E-state index >= 15 is 0 Å². The van der Waals surface area contributed by atoms with E-state index < -0.39 is 0 Å². The lowest BCUT2D eigenvalue weighted by Gasteiger charge is -2.38. The van der Waals surface area contributed by atoms with Crippen molar-refractivity contribution in [3.63, 3.8) is 0 Å². The van der Waals surface area contributed by atoms with Crippen molar-refractivity contribution in [1.29, 1.82) is 0 Å². The molecule has 5 nitrogen and oxygen atoms in total. The first-order valence-electron chi connectivity index (χ1n) is 6.19. The van der Waals surface area contributed by atoms with E-state index in [4.69, 9.17) is 0 Å². The molecular weight excluding hydrogens is 230 g/mol. The van der Waals surface area contributed by atoms with E-state index in [1.165, 1.54) is 12.3 Å². The summed E-state index contributed by atoms with van der Waals surface area (Å²) in [5.74, 6) is 0.0545. The lowest BCUT2D eigenvalue weighted by Crippen LogP contribution is -2.53. The Hall–Kier alpha value is -1.62. The van der Waals surface area contributed by atoms with Crippen LogP contribution in [0.3, 0.4) is 0 Å². The Labute approximate surface area is 107 Å². The number of amides is 1. The maximum absolute atomic E-state index is 12.2. The second kappa shape index (κ2) is 4.94. The number of aromatic nitrogens is 1. The van der Waals surface area contributed by atoms with E-state index in [0.717, 1.165) is 19.4 Å². The van der Waals surface area contributed by atoms with Gasteiger partial charge in [-0.2, -0.15) is 0 Å². The van der Waals surface area contributed by atoms with Crippen LogP contribution in [0.25, 0.3) is 0 Å². The van der Waals surface area contributed by atoms with Gasteiger partial charge in [0.05, 0.1) is 6.04 Å². The molecule has 1 amide bonds. The molecule has 0 saturated carbocycles. The Kier molecular flexibility index (Phi) is 3.52. The van der Waals surface area contributed by atoms with Gasteiger partial charge in [0.25, 0.3) is 0 Å². The number of rotatable bonds is 2. The van der Waals surface area contributed by atoms with Crippen LogP contribution >= 0.6 is 0 Å². The third kappa shape index (κ3) is 2.61. The Morgan fingerprint density at radius 3 is 3.06 bits per heavy atom. The van der Waals surface area contributed by atoms with Gasteiger partial charge in [0.15, 0.2) is 11.6 Å². The van der Waals surface area contributed by atoms with E-state index in [2.05, 4.69) is 29.5 Å². The van der Waals surface area contributed by atoms with Crippen molar-refractivity contribution >= 4 is 11.7 Å². The van der Waals surface area contributed by atoms with Crippen LogP contribution in [0.4, 0.5) is 5.82 Å². The van der Waals surface area contributed by atoms with E-state index in [1.807, 2.05) is 0 Å². The van der Waals surface area contributed by atoms with Crippen molar-refractivity contribution in [3.05, 3.63) is 18.3 Å². The van der Waals surface area contributed by atoms with Crippen molar-refractivity contribution in [2.24, 2.45) is 5.41 Å². The molecule has 0 spiro atoms. The summed E-state index contributed by atoms with van der Waals surface area (Å²) in [6, 6.07) is 2.86. The van der Waals surface area contributed by atoms with E-state index in [1.54, 1.807) is 6.07 Å². The molecule has 2 heterocycles. The minimum atomic E-state index is -0.257. The van der Waals surface area contributed by atoms with E-state index in [-0.39, 0.29) is 28.9 Å². The molecule has 0 aliphatic carbocycles. The minimum Gasteiger partial charge on any atom is -0.504 e. The Bertz CT molecular complexity index is 446. The van der Waals surface area contributed by atoms with Crippen molar-refractivity contribution in [1.82, 2.24) is 10.3 Å². The number of hydrogen-bond donors (Lipinski definition) is 3. The zero-order chi connectivity index (χ0) is 13.2. The molecule has 5 heteroatoms. The molecule has 1 aliphatic rings. The molecule has 1 aromatic rings. The highest BCUT2D eigenvalue weighted by Crippen LogP contribution is 2.31. The zero-order valence-corrected chi connectivity index (χ0v) is 10.7. The second-order valence-corrected chi connectivity index (χ2v) is 5.34. The lowest BCUT2D eigenvalue weighted by atomic mass is 9.77. The highest BCUT2D eigenvalue weighted by Gasteiger charge is 2.37. The quantitative estimate of drug-likeness (QED) is 0.742. The van der Waals surface area contributed by atoms with E-state index in [0.29, 0.717) is 0 Å². The molecule has 2 rings (SSSR count). The lowest BCUT2D eigenvalue weighted by molar-refractivity contribution is -0.121. The number of carbonyl (C=O) groups is 1. The van der Waals surface area contributed by atoms with Crippen molar-refractivity contribution in [2.45, 2.75) is 32.7 Å². The van der Waals surface area contributed by atoms with Crippen LogP contribution in [0.5, 0.6) is 5.75 Å². The van der Waals surface area contributed by atoms with E-state index in [9.17, 15) is 9.90 Å². The fraction of sp³-hybridized carbons (Fsp3) is 0.538. The first kappa shape index (κ1) is 12.8. The predicted molar refractivity (Wildman–Crippen MR) is 69.3 cm³/mol. The number of pyridine rings is 1. The fourth-order valence-corrected chi connectivity index (χ4v) is 2.34. The summed E-state index contributed by atoms with van der Waals surface area (Å²) in [7, 11) is 0. The molecule has 0 aromatic carbocycles. The third-order valence-electron chi connectivity index (χ3n) is 3.42. The van der Waals surface area contributed by atoms with Crippen LogP contribution in [0.1, 0.15) is 26.7 Å². The van der Waals surface area contributed by atoms with Crippen LogP contribution in [0.15, 0.2) is 18.3 Å². The Morgan fingerprint density at radius 1 is 1.61 bits per heavy atom. The normalized spacial score (nSPS) is 22.4. The van der Waals surface area contributed by atoms with Gasteiger partial charge in [0, 0.05) is 6.20 Å². The maximum Gasteiger partial charge on any atom is 0.243 e. The molecule has 0 radical (unpaired) electrons. The monoisotopic (exact) mass is 249 g/mol. The summed E-state index contributed by atoms with van der Waals surface area (Å²) in [6.45, 7) is 4.99. The SMILES string of the molecule is CC1(C)CCCNC1C(=O)Nc1ncccc1O. The van der Waals surface area contributed by atoms with Gasteiger partial charge < -0.3 is 15.7 Å². The van der Waals surface area contributed by atoms with Gasteiger partial charge >= 0.3 is 0 Å². The Morgan fingerprint density at radius 2 is 2.39 bits per heavy atom. The molecule has 1 aromatic heterocycles. The first-order chi connectivity index (χ1) is 8.50. The van der Waals surface area contributed by atoms with Crippen molar-refractivity contribution in [3.8, 4) is 5.75 Å². The predicted octanol–water partition coefficient (Wildman–Crippen LogP) is 1.50. The molecular formula is C13H19N3O2. The fourth-order valence-electron chi connectivity index (χ4n) is 2.34. The molecule has 0 bridgehead atoms. The molecule has 1 aliphatic heterocycles. The summed E-state index contributed by atoms with van der Waals surface area (Å²) < 4.78 is 0.